The second-order valence-electron chi connectivity index (χ2n) is 4.44. The van der Waals surface area contributed by atoms with Gasteiger partial charge in [0, 0.05) is 11.3 Å². The zero-order valence-corrected chi connectivity index (χ0v) is 10.6. The molecule has 1 heterocycles. The second kappa shape index (κ2) is 6.22. The Labute approximate surface area is 111 Å². The van der Waals surface area contributed by atoms with Crippen molar-refractivity contribution in [3.05, 3.63) is 46.3 Å². The van der Waals surface area contributed by atoms with Crippen LogP contribution >= 0.6 is 0 Å². The maximum atomic E-state index is 11.9. The van der Waals surface area contributed by atoms with Crippen LogP contribution in [0.3, 0.4) is 0 Å². The molecule has 1 aliphatic heterocycles. The summed E-state index contributed by atoms with van der Waals surface area (Å²) < 4.78 is 11.0. The number of nitrogens with zero attached hydrogens (tertiary/aromatic N) is 3. The predicted octanol–water partition coefficient (Wildman–Crippen LogP) is 2.70. The third kappa shape index (κ3) is 3.47. The molecule has 0 amide bonds. The molecule has 1 unspecified atom stereocenters. The molecule has 6 nitrogen and oxygen atoms in total. The van der Waals surface area contributed by atoms with Crippen molar-refractivity contribution < 1.29 is 14.3 Å². The number of esters is 1. The van der Waals surface area contributed by atoms with Gasteiger partial charge in [-0.1, -0.05) is 23.3 Å². The summed E-state index contributed by atoms with van der Waals surface area (Å²) in [5.74, 6) is -0.380. The van der Waals surface area contributed by atoms with Crippen LogP contribution in [0.15, 0.2) is 35.4 Å². The lowest BCUT2D eigenvalue weighted by Crippen LogP contribution is -2.29. The van der Waals surface area contributed by atoms with E-state index in [9.17, 15) is 4.79 Å². The van der Waals surface area contributed by atoms with E-state index >= 15 is 0 Å². The minimum absolute atomic E-state index is 0.00698. The number of hydrogen-bond acceptors (Lipinski definition) is 4. The zero-order chi connectivity index (χ0) is 13.7. The lowest BCUT2D eigenvalue weighted by molar-refractivity contribution is -0.00484. The van der Waals surface area contributed by atoms with Crippen LogP contribution in [0.1, 0.15) is 23.7 Å². The molecular formula is C13H15N3O3. The summed E-state index contributed by atoms with van der Waals surface area (Å²) in [4.78, 5) is 14.6. The van der Waals surface area contributed by atoms with Crippen LogP contribution in [-0.2, 0) is 9.47 Å². The number of rotatable bonds is 4. The van der Waals surface area contributed by atoms with Gasteiger partial charge in [-0.05, 0) is 24.6 Å². The molecule has 1 fully saturated rings. The molecule has 0 aliphatic carbocycles. The normalized spacial score (nSPS) is 25.6. The highest BCUT2D eigenvalue weighted by Gasteiger charge is 2.35. The van der Waals surface area contributed by atoms with Gasteiger partial charge in [0.15, 0.2) is 0 Å². The van der Waals surface area contributed by atoms with Crippen molar-refractivity contribution in [1.82, 2.24) is 0 Å². The standard InChI is InChI=1S/C13H15N3O3/c1-9-7-11(12(18-9)8-15-16-14)19-13(17)10-5-3-2-4-6-10/h2-6,9,11-12H,7-8H2,1H3/t9-,11?,12+/m0/s1. The van der Waals surface area contributed by atoms with Crippen LogP contribution in [0.2, 0.25) is 0 Å². The lowest BCUT2D eigenvalue weighted by Gasteiger charge is -2.17. The number of azide groups is 1. The molecule has 3 atom stereocenters. The number of hydrogen-bond donors (Lipinski definition) is 0. The van der Waals surface area contributed by atoms with Crippen molar-refractivity contribution in [3.63, 3.8) is 0 Å². The maximum Gasteiger partial charge on any atom is 0.338 e. The fourth-order valence-electron chi connectivity index (χ4n) is 2.10. The second-order valence-corrected chi connectivity index (χ2v) is 4.44. The van der Waals surface area contributed by atoms with Crippen molar-refractivity contribution in [1.29, 1.82) is 0 Å². The van der Waals surface area contributed by atoms with E-state index < -0.39 is 0 Å². The summed E-state index contributed by atoms with van der Waals surface area (Å²) in [6.07, 6.45) is -0.122. The Balaban J connectivity index is 2.00. The van der Waals surface area contributed by atoms with Gasteiger partial charge in [-0.3, -0.25) is 0 Å². The summed E-state index contributed by atoms with van der Waals surface area (Å²) in [5, 5.41) is 3.48. The van der Waals surface area contributed by atoms with Gasteiger partial charge in [-0.25, -0.2) is 4.79 Å². The molecule has 19 heavy (non-hydrogen) atoms. The van der Waals surface area contributed by atoms with E-state index in [1.54, 1.807) is 24.3 Å². The van der Waals surface area contributed by atoms with Crippen LogP contribution in [0.25, 0.3) is 10.4 Å². The van der Waals surface area contributed by atoms with E-state index in [-0.39, 0.29) is 30.8 Å². The molecule has 0 aromatic heterocycles. The molecule has 1 aromatic carbocycles. The van der Waals surface area contributed by atoms with E-state index in [1.807, 2.05) is 13.0 Å². The topological polar surface area (TPSA) is 84.3 Å². The first kappa shape index (κ1) is 13.4. The Morgan fingerprint density at radius 1 is 1.53 bits per heavy atom. The smallest absolute Gasteiger partial charge is 0.338 e. The molecule has 0 N–H and O–H groups in total. The number of carbonyl (C=O) groups is 1. The zero-order valence-electron chi connectivity index (χ0n) is 10.6. The molecule has 0 radical (unpaired) electrons. The summed E-state index contributed by atoms with van der Waals surface area (Å²) in [6, 6.07) is 8.79. The predicted molar refractivity (Wildman–Crippen MR) is 68.6 cm³/mol. The van der Waals surface area contributed by atoms with E-state index in [2.05, 4.69) is 10.0 Å². The highest BCUT2D eigenvalue weighted by Crippen LogP contribution is 2.24. The Morgan fingerprint density at radius 2 is 2.26 bits per heavy atom. The summed E-state index contributed by atoms with van der Waals surface area (Å²) >= 11 is 0. The van der Waals surface area contributed by atoms with Crippen LogP contribution in [-0.4, -0.2) is 30.8 Å². The van der Waals surface area contributed by atoms with Crippen molar-refractivity contribution >= 4 is 5.97 Å². The Morgan fingerprint density at radius 3 is 2.95 bits per heavy atom. The van der Waals surface area contributed by atoms with Gasteiger partial charge in [0.2, 0.25) is 0 Å². The van der Waals surface area contributed by atoms with Crippen LogP contribution in [0.5, 0.6) is 0 Å². The average molecular weight is 261 g/mol. The van der Waals surface area contributed by atoms with Gasteiger partial charge in [0.25, 0.3) is 0 Å². The maximum absolute atomic E-state index is 11.9. The van der Waals surface area contributed by atoms with Gasteiger partial charge >= 0.3 is 5.97 Å². The van der Waals surface area contributed by atoms with Crippen molar-refractivity contribution in [2.24, 2.45) is 5.11 Å². The fraction of sp³-hybridized carbons (Fsp3) is 0.462. The minimum atomic E-state index is -0.380. The third-order valence-corrected chi connectivity index (χ3v) is 2.98. The van der Waals surface area contributed by atoms with E-state index in [1.165, 1.54) is 0 Å². The molecule has 6 heteroatoms. The molecule has 0 bridgehead atoms. The van der Waals surface area contributed by atoms with E-state index in [0.717, 1.165) is 0 Å². The highest BCUT2D eigenvalue weighted by atomic mass is 16.6. The largest absolute Gasteiger partial charge is 0.456 e. The minimum Gasteiger partial charge on any atom is -0.456 e. The van der Waals surface area contributed by atoms with E-state index in [4.69, 9.17) is 15.0 Å². The number of benzene rings is 1. The summed E-state index contributed by atoms with van der Waals surface area (Å²) in [6.45, 7) is 2.08. The Kier molecular flexibility index (Phi) is 4.39. The Bertz CT molecular complexity index is 485. The highest BCUT2D eigenvalue weighted by molar-refractivity contribution is 5.89. The molecule has 0 saturated carbocycles. The SMILES string of the molecule is C[C@H]1CC(OC(=O)c2ccccc2)[C@@H](CN=[N+]=[N-])O1. The van der Waals surface area contributed by atoms with Gasteiger partial charge in [0.1, 0.15) is 12.2 Å². The molecule has 100 valence electrons. The monoisotopic (exact) mass is 261 g/mol. The molecule has 1 aromatic rings. The summed E-state index contributed by atoms with van der Waals surface area (Å²) in [5.41, 5.74) is 8.84. The van der Waals surface area contributed by atoms with Crippen LogP contribution < -0.4 is 0 Å². The summed E-state index contributed by atoms with van der Waals surface area (Å²) in [7, 11) is 0. The average Bonchev–Trinajstić information content (AvgIpc) is 2.77. The van der Waals surface area contributed by atoms with Crippen molar-refractivity contribution in [2.75, 3.05) is 6.54 Å². The van der Waals surface area contributed by atoms with Gasteiger partial charge in [-0.2, -0.15) is 0 Å². The molecule has 1 saturated heterocycles. The van der Waals surface area contributed by atoms with Gasteiger partial charge in [-0.15, -0.1) is 0 Å². The molecule has 2 rings (SSSR count). The first-order chi connectivity index (χ1) is 9.20. The first-order valence-corrected chi connectivity index (χ1v) is 6.13. The number of ether oxygens (including phenoxy) is 2. The molecule has 1 aliphatic rings. The quantitative estimate of drug-likeness (QED) is 0.361. The van der Waals surface area contributed by atoms with E-state index in [0.29, 0.717) is 12.0 Å². The Hall–Kier alpha value is -2.04. The number of carbonyl (C=O) groups excluding carboxylic acids is 1. The van der Waals surface area contributed by atoms with Gasteiger partial charge < -0.3 is 9.47 Å². The lowest BCUT2D eigenvalue weighted by atomic mass is 10.1. The van der Waals surface area contributed by atoms with Crippen LogP contribution in [0, 0.1) is 0 Å². The van der Waals surface area contributed by atoms with Gasteiger partial charge in [0.05, 0.1) is 18.2 Å². The molecular weight excluding hydrogens is 246 g/mol. The third-order valence-electron chi connectivity index (χ3n) is 2.98. The van der Waals surface area contributed by atoms with Crippen molar-refractivity contribution in [3.8, 4) is 0 Å². The van der Waals surface area contributed by atoms with Crippen molar-refractivity contribution in [2.45, 2.75) is 31.7 Å². The molecule has 0 spiro atoms. The first-order valence-electron chi connectivity index (χ1n) is 6.13. The van der Waals surface area contributed by atoms with Crippen LogP contribution in [0.4, 0.5) is 0 Å². The fourth-order valence-corrected chi connectivity index (χ4v) is 2.10.